The normalized spacial score (nSPS) is 17.1. The van der Waals surface area contributed by atoms with Gasteiger partial charge >= 0.3 is 0 Å². The van der Waals surface area contributed by atoms with Crippen LogP contribution in [0.5, 0.6) is 0 Å². The van der Waals surface area contributed by atoms with Crippen molar-refractivity contribution in [2.45, 2.75) is 53.2 Å². The molecule has 0 aliphatic heterocycles. The summed E-state index contributed by atoms with van der Waals surface area (Å²) in [6, 6.07) is 0. The van der Waals surface area contributed by atoms with E-state index in [1.54, 1.807) is 0 Å². The van der Waals surface area contributed by atoms with Gasteiger partial charge in [-0.25, -0.2) is 0 Å². The van der Waals surface area contributed by atoms with Gasteiger partial charge in [0.05, 0.1) is 0 Å². The first-order valence-corrected chi connectivity index (χ1v) is 4.80. The van der Waals surface area contributed by atoms with Crippen LogP contribution in [0.1, 0.15) is 41.5 Å². The summed E-state index contributed by atoms with van der Waals surface area (Å²) in [6.07, 6.45) is 0. The third-order valence-corrected chi connectivity index (χ3v) is 2.71. The number of hydrogen-bond donors (Lipinski definition) is 0. The first kappa shape index (κ1) is 11.1. The fraction of sp³-hybridized carbons (Fsp3) is 1.00. The van der Waals surface area contributed by atoms with Crippen molar-refractivity contribution in [3.8, 4) is 0 Å². The Hall–Kier alpha value is 0.0649. The van der Waals surface area contributed by atoms with Gasteiger partial charge < -0.3 is 0 Å². The zero-order valence-corrected chi connectivity index (χ0v) is 8.89. The van der Waals surface area contributed by atoms with Gasteiger partial charge in [-0.15, -0.1) is 0 Å². The fourth-order valence-electron chi connectivity index (χ4n) is 0.923. The van der Waals surface area contributed by atoms with Crippen LogP contribution >= 0.6 is 0 Å². The molecule has 0 heterocycles. The molecule has 0 aromatic rings. The molecule has 0 aromatic carbocycles. The van der Waals surface area contributed by atoms with Crippen LogP contribution in [0.25, 0.3) is 0 Å². The van der Waals surface area contributed by atoms with Gasteiger partial charge in [-0.1, -0.05) is 65.0 Å². The van der Waals surface area contributed by atoms with Crippen LogP contribution in [-0.4, -0.2) is 7.28 Å². The molecule has 0 saturated carbocycles. The van der Waals surface area contributed by atoms with Crippen LogP contribution < -0.4 is 0 Å². The second-order valence-electron chi connectivity index (χ2n) is 4.40. The molecule has 0 aromatic heterocycles. The van der Waals surface area contributed by atoms with Gasteiger partial charge in [0.25, 0.3) is 0 Å². The largest absolute Gasteiger partial charge is 0.117 e. The molecule has 0 rings (SSSR count). The molecule has 0 nitrogen and oxygen atoms in total. The molecule has 2 atom stereocenters. The lowest BCUT2D eigenvalue weighted by molar-refractivity contribution is 0.575. The summed E-state index contributed by atoms with van der Waals surface area (Å²) in [5.74, 6) is 3.09. The van der Waals surface area contributed by atoms with Gasteiger partial charge in [0.2, 0.25) is 0 Å². The molecule has 0 bridgehead atoms. The second kappa shape index (κ2) is 4.85. The van der Waals surface area contributed by atoms with Gasteiger partial charge in [-0.3, -0.25) is 0 Å². The Morgan fingerprint density at radius 3 is 1.09 bits per heavy atom. The monoisotopic (exact) mass is 153 g/mol. The summed E-state index contributed by atoms with van der Waals surface area (Å²) in [5, 5.41) is 0. The lowest BCUT2D eigenvalue weighted by atomic mass is 9.50. The van der Waals surface area contributed by atoms with E-state index in [1.165, 1.54) is 0 Å². The van der Waals surface area contributed by atoms with Gasteiger partial charge in [-0.05, 0) is 0 Å². The third-order valence-electron chi connectivity index (χ3n) is 2.71. The maximum absolute atomic E-state index is 2.48. The van der Waals surface area contributed by atoms with Crippen LogP contribution in [0, 0.1) is 11.8 Å². The van der Waals surface area contributed by atoms with Gasteiger partial charge in [0, 0.05) is 0 Å². The zero-order valence-electron chi connectivity index (χ0n) is 8.89. The molecule has 0 amide bonds. The smallest absolute Gasteiger partial charge is 0.0694 e. The van der Waals surface area contributed by atoms with Crippen molar-refractivity contribution in [1.29, 1.82) is 0 Å². The topological polar surface area (TPSA) is 0 Å². The average molecular weight is 153 g/mol. The summed E-state index contributed by atoms with van der Waals surface area (Å²) in [5.41, 5.74) is 0. The van der Waals surface area contributed by atoms with Crippen molar-refractivity contribution in [1.82, 2.24) is 0 Å². The first-order chi connectivity index (χ1) is 4.95. The molecule has 11 heavy (non-hydrogen) atoms. The quantitative estimate of drug-likeness (QED) is 0.541. The summed E-state index contributed by atoms with van der Waals surface area (Å²) in [7, 11) is 2.48. The van der Waals surface area contributed by atoms with Crippen LogP contribution in [0.3, 0.4) is 0 Å². The van der Waals surface area contributed by atoms with Gasteiger partial charge in [0.1, 0.15) is 7.28 Å². The summed E-state index contributed by atoms with van der Waals surface area (Å²) >= 11 is 0. The Morgan fingerprint density at radius 1 is 0.636 bits per heavy atom. The highest BCUT2D eigenvalue weighted by Gasteiger charge is 2.15. The highest BCUT2D eigenvalue weighted by Crippen LogP contribution is 2.24. The number of rotatable bonds is 4. The Labute approximate surface area is 73.0 Å². The van der Waals surface area contributed by atoms with E-state index in [1.807, 2.05) is 0 Å². The highest BCUT2D eigenvalue weighted by atomic mass is 14.1. The van der Waals surface area contributed by atoms with E-state index < -0.39 is 0 Å². The van der Waals surface area contributed by atoms with E-state index in [0.717, 1.165) is 23.5 Å². The molecule has 1 radical (unpaired) electrons. The van der Waals surface area contributed by atoms with E-state index >= 15 is 0 Å². The summed E-state index contributed by atoms with van der Waals surface area (Å²) in [6.45, 7) is 13.8. The maximum atomic E-state index is 2.48. The maximum Gasteiger partial charge on any atom is 0.117 e. The minimum absolute atomic E-state index is 0.757. The Kier molecular flexibility index (Phi) is 4.87. The highest BCUT2D eigenvalue weighted by molar-refractivity contribution is 6.39. The molecule has 0 aliphatic carbocycles. The van der Waals surface area contributed by atoms with Crippen molar-refractivity contribution in [3.05, 3.63) is 0 Å². The minimum Gasteiger partial charge on any atom is -0.0694 e. The van der Waals surface area contributed by atoms with Crippen molar-refractivity contribution >= 4 is 7.28 Å². The van der Waals surface area contributed by atoms with Crippen molar-refractivity contribution in [3.63, 3.8) is 0 Å². The van der Waals surface area contributed by atoms with E-state index in [0.29, 0.717) is 0 Å². The lowest BCUT2D eigenvalue weighted by Crippen LogP contribution is -2.14. The second-order valence-corrected chi connectivity index (χ2v) is 4.40. The molecule has 1 heteroatoms. The molecule has 0 N–H and O–H groups in total. The van der Waals surface area contributed by atoms with E-state index in [2.05, 4.69) is 48.8 Å². The summed E-state index contributed by atoms with van der Waals surface area (Å²) in [4.78, 5) is 0. The molecule has 0 aliphatic rings. The molecule has 65 valence electrons. The van der Waals surface area contributed by atoms with E-state index in [9.17, 15) is 0 Å². The average Bonchev–Trinajstić information content (AvgIpc) is 1.87. The minimum atomic E-state index is 0.757. The van der Waals surface area contributed by atoms with Crippen LogP contribution in [0.4, 0.5) is 0 Å². The fourth-order valence-corrected chi connectivity index (χ4v) is 0.923. The molecule has 0 spiro atoms. The van der Waals surface area contributed by atoms with Crippen LogP contribution in [-0.2, 0) is 0 Å². The van der Waals surface area contributed by atoms with Gasteiger partial charge in [0.15, 0.2) is 0 Å². The molecule has 0 unspecified atom stereocenters. The van der Waals surface area contributed by atoms with E-state index in [4.69, 9.17) is 0 Å². The first-order valence-electron chi connectivity index (χ1n) is 4.80. The Bertz CT molecular complexity index is 85.0. The third kappa shape index (κ3) is 4.50. The van der Waals surface area contributed by atoms with Gasteiger partial charge in [-0.2, -0.15) is 0 Å². The van der Waals surface area contributed by atoms with Crippen molar-refractivity contribution < 1.29 is 0 Å². The number of hydrogen-bond acceptors (Lipinski definition) is 0. The van der Waals surface area contributed by atoms with Crippen LogP contribution in [0.2, 0.25) is 11.6 Å². The Morgan fingerprint density at radius 2 is 0.909 bits per heavy atom. The molecular formula is C10H22B. The zero-order chi connectivity index (χ0) is 9.02. The molecular weight excluding hydrogens is 131 g/mol. The van der Waals surface area contributed by atoms with Crippen molar-refractivity contribution in [2.75, 3.05) is 0 Å². The SMILES string of the molecule is CC(C)[C@@H](C)[B][C@H](C)C(C)C. The van der Waals surface area contributed by atoms with Crippen LogP contribution in [0.15, 0.2) is 0 Å². The van der Waals surface area contributed by atoms with Crippen molar-refractivity contribution in [2.24, 2.45) is 11.8 Å². The predicted molar refractivity (Wildman–Crippen MR) is 54.3 cm³/mol. The standard InChI is InChI=1S/C10H22B/c1-7(2)9(5)11-10(6)8(3)4/h7-10H,1-6H3/t9-,10-/m1/s1. The van der Waals surface area contributed by atoms with E-state index in [-0.39, 0.29) is 0 Å². The molecule has 0 fully saturated rings. The Balaban J connectivity index is 3.66. The predicted octanol–water partition coefficient (Wildman–Crippen LogP) is 3.62. The molecule has 0 saturated heterocycles. The summed E-state index contributed by atoms with van der Waals surface area (Å²) < 4.78 is 0. The lowest BCUT2D eigenvalue weighted by Gasteiger charge is -2.21.